The molecule has 0 saturated carbocycles. The van der Waals surface area contributed by atoms with Gasteiger partial charge < -0.3 is 5.32 Å². The summed E-state index contributed by atoms with van der Waals surface area (Å²) in [6.07, 6.45) is 9.63. The van der Waals surface area contributed by atoms with Crippen LogP contribution in [0.4, 0.5) is 0 Å². The summed E-state index contributed by atoms with van der Waals surface area (Å²) >= 11 is 0. The first-order chi connectivity index (χ1) is 11.1. The first kappa shape index (κ1) is 16.0. The zero-order valence-corrected chi connectivity index (χ0v) is 14.1. The normalized spacial score (nSPS) is 27.8. The van der Waals surface area contributed by atoms with Crippen molar-refractivity contribution in [2.45, 2.75) is 45.2 Å². The van der Waals surface area contributed by atoms with E-state index in [9.17, 15) is 4.79 Å². The molecule has 122 valence electrons. The van der Waals surface area contributed by atoms with Crippen molar-refractivity contribution in [2.75, 3.05) is 6.67 Å². The molecule has 1 heterocycles. The number of carbonyl (C=O) groups is 1. The van der Waals surface area contributed by atoms with Gasteiger partial charge in [0.05, 0.1) is 6.67 Å². The van der Waals surface area contributed by atoms with Crippen LogP contribution in [0.15, 0.2) is 54.1 Å². The van der Waals surface area contributed by atoms with E-state index in [2.05, 4.69) is 66.6 Å². The van der Waals surface area contributed by atoms with Crippen molar-refractivity contribution in [2.24, 2.45) is 5.92 Å². The second kappa shape index (κ2) is 6.71. The molecule has 0 spiro atoms. The van der Waals surface area contributed by atoms with Crippen LogP contribution in [-0.2, 0) is 11.3 Å². The van der Waals surface area contributed by atoms with Gasteiger partial charge in [0.2, 0.25) is 5.91 Å². The van der Waals surface area contributed by atoms with Gasteiger partial charge in [-0.05, 0) is 37.7 Å². The summed E-state index contributed by atoms with van der Waals surface area (Å²) in [5.74, 6) is 0.725. The van der Waals surface area contributed by atoms with Crippen molar-refractivity contribution in [3.8, 4) is 0 Å². The van der Waals surface area contributed by atoms with Crippen molar-refractivity contribution in [3.63, 3.8) is 0 Å². The fourth-order valence-electron chi connectivity index (χ4n) is 3.65. The number of amides is 1. The summed E-state index contributed by atoms with van der Waals surface area (Å²) in [5, 5.41) is 3.04. The number of allylic oxidation sites excluding steroid dienone is 3. The van der Waals surface area contributed by atoms with Crippen LogP contribution in [0.25, 0.3) is 0 Å². The third-order valence-corrected chi connectivity index (χ3v) is 5.27. The molecule has 2 atom stereocenters. The fraction of sp³-hybridized carbons (Fsp3) is 0.450. The quantitative estimate of drug-likeness (QED) is 0.900. The Kier molecular flexibility index (Phi) is 4.67. The number of hydrogen-bond donors (Lipinski definition) is 1. The van der Waals surface area contributed by atoms with E-state index in [0.717, 1.165) is 25.8 Å². The maximum Gasteiger partial charge on any atom is 0.241 e. The molecule has 0 aromatic heterocycles. The molecule has 1 saturated heterocycles. The first-order valence-corrected chi connectivity index (χ1v) is 8.56. The minimum Gasteiger partial charge on any atom is -0.342 e. The van der Waals surface area contributed by atoms with Crippen molar-refractivity contribution in [1.82, 2.24) is 10.2 Å². The minimum atomic E-state index is -0.458. The van der Waals surface area contributed by atoms with E-state index in [1.807, 2.05) is 6.07 Å². The van der Waals surface area contributed by atoms with E-state index >= 15 is 0 Å². The highest BCUT2D eigenvalue weighted by molar-refractivity contribution is 5.88. The van der Waals surface area contributed by atoms with E-state index in [-0.39, 0.29) is 5.91 Å². The van der Waals surface area contributed by atoms with Crippen LogP contribution in [-0.4, -0.2) is 23.0 Å². The molecule has 3 nitrogen and oxygen atoms in total. The molecule has 1 amide bonds. The van der Waals surface area contributed by atoms with Crippen LogP contribution >= 0.6 is 0 Å². The molecule has 3 heteroatoms. The number of carbonyl (C=O) groups excluding carboxylic acids is 1. The predicted molar refractivity (Wildman–Crippen MR) is 93.6 cm³/mol. The highest BCUT2D eigenvalue weighted by Gasteiger charge is 2.45. The average Bonchev–Trinajstić information content (AvgIpc) is 2.84. The van der Waals surface area contributed by atoms with Crippen molar-refractivity contribution in [3.05, 3.63) is 59.7 Å². The topological polar surface area (TPSA) is 32.3 Å². The Labute approximate surface area is 139 Å². The molecule has 2 unspecified atom stereocenters. The summed E-state index contributed by atoms with van der Waals surface area (Å²) in [6.45, 7) is 5.75. The molecule has 0 bridgehead atoms. The summed E-state index contributed by atoms with van der Waals surface area (Å²) in [4.78, 5) is 14.8. The van der Waals surface area contributed by atoms with Gasteiger partial charge in [0.25, 0.3) is 0 Å². The highest BCUT2D eigenvalue weighted by atomic mass is 16.2. The Morgan fingerprint density at radius 2 is 2.09 bits per heavy atom. The summed E-state index contributed by atoms with van der Waals surface area (Å²) in [7, 11) is 0. The lowest BCUT2D eigenvalue weighted by Crippen LogP contribution is -2.46. The fourth-order valence-corrected chi connectivity index (χ4v) is 3.65. The van der Waals surface area contributed by atoms with Gasteiger partial charge in [0, 0.05) is 6.54 Å². The second-order valence-electron chi connectivity index (χ2n) is 6.81. The van der Waals surface area contributed by atoms with Gasteiger partial charge in [-0.3, -0.25) is 9.69 Å². The molecule has 1 aliphatic heterocycles. The van der Waals surface area contributed by atoms with Crippen LogP contribution in [0.3, 0.4) is 0 Å². The Hall–Kier alpha value is -1.87. The molecule has 0 radical (unpaired) electrons. The van der Waals surface area contributed by atoms with Gasteiger partial charge >= 0.3 is 0 Å². The summed E-state index contributed by atoms with van der Waals surface area (Å²) < 4.78 is 0. The standard InChI is InChI=1S/C20H26N2O/c1-3-17-11-7-8-12-18(17)13-20(2)19(23)21-15-22(20)14-16-9-5-4-6-10-16/h4-10,12,17H,3,11,13-15H2,1-2H3,(H,21,23). The zero-order chi connectivity index (χ0) is 16.3. The third kappa shape index (κ3) is 3.25. The Balaban J connectivity index is 1.80. The smallest absolute Gasteiger partial charge is 0.241 e. The summed E-state index contributed by atoms with van der Waals surface area (Å²) in [6, 6.07) is 10.4. The molecule has 3 rings (SSSR count). The lowest BCUT2D eigenvalue weighted by molar-refractivity contribution is -0.126. The van der Waals surface area contributed by atoms with Crippen LogP contribution < -0.4 is 5.32 Å². The predicted octanol–water partition coefficient (Wildman–Crippen LogP) is 3.64. The van der Waals surface area contributed by atoms with Crippen molar-refractivity contribution >= 4 is 5.91 Å². The molecular formula is C20H26N2O. The van der Waals surface area contributed by atoms with Crippen molar-refractivity contribution < 1.29 is 4.79 Å². The Bertz CT molecular complexity index is 620. The third-order valence-electron chi connectivity index (χ3n) is 5.27. The van der Waals surface area contributed by atoms with E-state index in [1.165, 1.54) is 11.1 Å². The SMILES string of the molecule is CCC1CC=CC=C1CC1(C)C(=O)NCN1Cc1ccccc1. The number of nitrogens with zero attached hydrogens (tertiary/aromatic N) is 1. The first-order valence-electron chi connectivity index (χ1n) is 8.56. The van der Waals surface area contributed by atoms with Crippen molar-refractivity contribution in [1.29, 1.82) is 0 Å². The van der Waals surface area contributed by atoms with Crippen LogP contribution in [0, 0.1) is 5.92 Å². The maximum absolute atomic E-state index is 12.6. The van der Waals surface area contributed by atoms with Crippen LogP contribution in [0.1, 0.15) is 38.7 Å². The summed E-state index contributed by atoms with van der Waals surface area (Å²) in [5.41, 5.74) is 2.20. The largest absolute Gasteiger partial charge is 0.342 e. The lowest BCUT2D eigenvalue weighted by Gasteiger charge is -2.35. The monoisotopic (exact) mass is 310 g/mol. The number of nitrogens with one attached hydrogen (secondary N) is 1. The van der Waals surface area contributed by atoms with Gasteiger partial charge in [0.1, 0.15) is 5.54 Å². The molecular weight excluding hydrogens is 284 g/mol. The number of rotatable bonds is 5. The molecule has 1 aromatic carbocycles. The van der Waals surface area contributed by atoms with E-state index in [0.29, 0.717) is 12.6 Å². The Morgan fingerprint density at radius 1 is 1.30 bits per heavy atom. The number of hydrogen-bond acceptors (Lipinski definition) is 2. The molecule has 23 heavy (non-hydrogen) atoms. The van der Waals surface area contributed by atoms with E-state index in [1.54, 1.807) is 0 Å². The van der Waals surface area contributed by atoms with Gasteiger partial charge in [-0.25, -0.2) is 0 Å². The maximum atomic E-state index is 12.6. The van der Waals surface area contributed by atoms with Crippen LogP contribution in [0.2, 0.25) is 0 Å². The van der Waals surface area contributed by atoms with Gasteiger partial charge in [0.15, 0.2) is 0 Å². The lowest BCUT2D eigenvalue weighted by atomic mass is 9.80. The van der Waals surface area contributed by atoms with Gasteiger partial charge in [-0.1, -0.05) is 61.1 Å². The van der Waals surface area contributed by atoms with Crippen LogP contribution in [0.5, 0.6) is 0 Å². The highest BCUT2D eigenvalue weighted by Crippen LogP contribution is 2.35. The van der Waals surface area contributed by atoms with E-state index < -0.39 is 5.54 Å². The zero-order valence-electron chi connectivity index (χ0n) is 14.1. The molecule has 2 aliphatic rings. The molecule has 1 aromatic rings. The Morgan fingerprint density at radius 3 is 2.83 bits per heavy atom. The molecule has 1 N–H and O–H groups in total. The number of benzene rings is 1. The minimum absolute atomic E-state index is 0.152. The molecule has 1 fully saturated rings. The molecule has 1 aliphatic carbocycles. The average molecular weight is 310 g/mol. The van der Waals surface area contributed by atoms with Gasteiger partial charge in [-0.15, -0.1) is 0 Å². The van der Waals surface area contributed by atoms with E-state index in [4.69, 9.17) is 0 Å². The second-order valence-corrected chi connectivity index (χ2v) is 6.81. The van der Waals surface area contributed by atoms with Gasteiger partial charge in [-0.2, -0.15) is 0 Å².